The third-order valence-corrected chi connectivity index (χ3v) is 4.74. The molecule has 0 bridgehead atoms. The summed E-state index contributed by atoms with van der Waals surface area (Å²) in [5.74, 6) is -1.14. The Morgan fingerprint density at radius 1 is 1.14 bits per heavy atom. The fourth-order valence-electron chi connectivity index (χ4n) is 3.16. The summed E-state index contributed by atoms with van der Waals surface area (Å²) in [5.41, 5.74) is 0.220. The summed E-state index contributed by atoms with van der Waals surface area (Å²) in [6.45, 7) is -0.620. The first-order valence-electron chi connectivity index (χ1n) is 8.96. The first-order chi connectivity index (χ1) is 13.9. The summed E-state index contributed by atoms with van der Waals surface area (Å²) >= 11 is 0. The van der Waals surface area contributed by atoms with Crippen LogP contribution in [0.15, 0.2) is 42.5 Å². The van der Waals surface area contributed by atoms with E-state index in [0.29, 0.717) is 5.56 Å². The van der Waals surface area contributed by atoms with Crippen LogP contribution in [-0.4, -0.2) is 64.4 Å². The molecule has 0 saturated carbocycles. The van der Waals surface area contributed by atoms with E-state index >= 15 is 4.39 Å². The Morgan fingerprint density at radius 2 is 1.86 bits per heavy atom. The number of rotatable bonds is 5. The predicted molar refractivity (Wildman–Crippen MR) is 99.0 cm³/mol. The van der Waals surface area contributed by atoms with Gasteiger partial charge in [0.05, 0.1) is 6.61 Å². The van der Waals surface area contributed by atoms with Crippen LogP contribution >= 0.6 is 0 Å². The second-order valence-electron chi connectivity index (χ2n) is 6.62. The van der Waals surface area contributed by atoms with Crippen molar-refractivity contribution in [3.63, 3.8) is 0 Å². The van der Waals surface area contributed by atoms with Crippen molar-refractivity contribution >= 4 is 5.91 Å². The number of halogens is 1. The average Bonchev–Trinajstić information content (AvgIpc) is 2.74. The van der Waals surface area contributed by atoms with E-state index in [1.165, 1.54) is 31.3 Å². The molecule has 5 atom stereocenters. The van der Waals surface area contributed by atoms with Crippen LogP contribution in [0.3, 0.4) is 0 Å². The van der Waals surface area contributed by atoms with Crippen molar-refractivity contribution in [1.82, 2.24) is 5.32 Å². The monoisotopic (exact) mass is 407 g/mol. The van der Waals surface area contributed by atoms with Gasteiger partial charge in [-0.25, -0.2) is 4.39 Å². The molecule has 2 aromatic carbocycles. The molecular weight excluding hydrogens is 385 g/mol. The van der Waals surface area contributed by atoms with Crippen LogP contribution in [0.25, 0.3) is 0 Å². The summed E-state index contributed by atoms with van der Waals surface area (Å²) < 4.78 is 26.1. The molecule has 29 heavy (non-hydrogen) atoms. The topological polar surface area (TPSA) is 128 Å². The van der Waals surface area contributed by atoms with E-state index in [2.05, 4.69) is 5.32 Å². The van der Waals surface area contributed by atoms with Gasteiger partial charge in [0.2, 0.25) is 0 Å². The lowest BCUT2D eigenvalue weighted by Gasteiger charge is -2.40. The van der Waals surface area contributed by atoms with Crippen LogP contribution in [0.1, 0.15) is 22.0 Å². The average molecular weight is 407 g/mol. The zero-order chi connectivity index (χ0) is 21.1. The Morgan fingerprint density at radius 3 is 2.55 bits per heavy atom. The molecule has 1 aliphatic rings. The van der Waals surface area contributed by atoms with E-state index in [4.69, 9.17) is 9.47 Å². The maximum absolute atomic E-state index is 15.1. The number of aliphatic hydroxyl groups excluding tert-OH is 4. The SMILES string of the molecule is CNC(=O)c1cccc(Oc2cccc([C@H]3O[C@H](CO)[C@@H](O)[C@H](O)[C@@H]3O)c2F)c1. The molecular formula is C20H22FNO7. The summed E-state index contributed by atoms with van der Waals surface area (Å²) in [5, 5.41) is 41.9. The number of aliphatic hydroxyl groups is 4. The normalized spacial score (nSPS) is 26.8. The highest BCUT2D eigenvalue weighted by molar-refractivity contribution is 5.94. The summed E-state index contributed by atoms with van der Waals surface area (Å²) in [6, 6.07) is 10.3. The van der Waals surface area contributed by atoms with E-state index < -0.39 is 42.9 Å². The summed E-state index contributed by atoms with van der Waals surface area (Å²) in [6.07, 6.45) is -7.27. The van der Waals surface area contributed by atoms with Crippen molar-refractivity contribution in [3.05, 3.63) is 59.4 Å². The van der Waals surface area contributed by atoms with Crippen molar-refractivity contribution in [1.29, 1.82) is 0 Å². The number of carbonyl (C=O) groups excluding carboxylic acids is 1. The molecule has 1 aliphatic heterocycles. The van der Waals surface area contributed by atoms with Gasteiger partial charge in [-0.1, -0.05) is 18.2 Å². The van der Waals surface area contributed by atoms with Crippen LogP contribution in [-0.2, 0) is 4.74 Å². The minimum Gasteiger partial charge on any atom is -0.454 e. The van der Waals surface area contributed by atoms with Gasteiger partial charge in [-0.15, -0.1) is 0 Å². The quantitative estimate of drug-likeness (QED) is 0.488. The molecule has 0 spiro atoms. The highest BCUT2D eigenvalue weighted by Gasteiger charge is 2.45. The molecule has 0 radical (unpaired) electrons. The Hall–Kier alpha value is -2.56. The van der Waals surface area contributed by atoms with Crippen LogP contribution in [0.5, 0.6) is 11.5 Å². The molecule has 1 fully saturated rings. The molecule has 156 valence electrons. The molecule has 1 saturated heterocycles. The fraction of sp³-hybridized carbons (Fsp3) is 0.350. The molecule has 0 aromatic heterocycles. The Bertz CT molecular complexity index is 876. The molecule has 1 amide bonds. The highest BCUT2D eigenvalue weighted by atomic mass is 19.1. The molecule has 1 heterocycles. The van der Waals surface area contributed by atoms with E-state index in [9.17, 15) is 25.2 Å². The lowest BCUT2D eigenvalue weighted by atomic mass is 9.91. The standard InChI is InChI=1S/C20H22FNO7/c1-22-20(27)10-4-2-5-11(8-10)28-13-7-3-6-12(15(13)21)19-18(26)17(25)16(24)14(9-23)29-19/h2-8,14,16-19,23-26H,9H2,1H3,(H,22,27)/t14-,16-,17+,18+,19-/m1/s1. The van der Waals surface area contributed by atoms with Crippen molar-refractivity contribution in [2.75, 3.05) is 13.7 Å². The third-order valence-electron chi connectivity index (χ3n) is 4.74. The second-order valence-corrected chi connectivity index (χ2v) is 6.62. The zero-order valence-electron chi connectivity index (χ0n) is 15.5. The van der Waals surface area contributed by atoms with Crippen molar-refractivity contribution in [3.8, 4) is 11.5 Å². The number of benzene rings is 2. The minimum absolute atomic E-state index is 0.109. The zero-order valence-corrected chi connectivity index (χ0v) is 15.5. The largest absolute Gasteiger partial charge is 0.454 e. The second kappa shape index (κ2) is 8.85. The number of carbonyl (C=O) groups is 1. The van der Waals surface area contributed by atoms with Crippen LogP contribution in [0.2, 0.25) is 0 Å². The third kappa shape index (κ3) is 4.24. The Balaban J connectivity index is 1.89. The van der Waals surface area contributed by atoms with Gasteiger partial charge < -0.3 is 35.2 Å². The summed E-state index contributed by atoms with van der Waals surface area (Å²) in [7, 11) is 1.49. The van der Waals surface area contributed by atoms with Crippen LogP contribution < -0.4 is 10.1 Å². The van der Waals surface area contributed by atoms with Gasteiger partial charge in [-0.2, -0.15) is 0 Å². The van der Waals surface area contributed by atoms with Gasteiger partial charge in [0.25, 0.3) is 5.91 Å². The first kappa shape index (κ1) is 21.2. The van der Waals surface area contributed by atoms with Gasteiger partial charge in [-0.05, 0) is 24.3 Å². The fourth-order valence-corrected chi connectivity index (χ4v) is 3.16. The molecule has 3 rings (SSSR count). The molecule has 0 aliphatic carbocycles. The number of amides is 1. The van der Waals surface area contributed by atoms with Crippen molar-refractivity contribution in [2.24, 2.45) is 0 Å². The van der Waals surface area contributed by atoms with Gasteiger partial charge in [-0.3, -0.25) is 4.79 Å². The van der Waals surface area contributed by atoms with E-state index in [-0.39, 0.29) is 23.0 Å². The molecule has 8 nitrogen and oxygen atoms in total. The van der Waals surface area contributed by atoms with Crippen molar-refractivity contribution < 1.29 is 39.1 Å². The van der Waals surface area contributed by atoms with Crippen molar-refractivity contribution in [2.45, 2.75) is 30.5 Å². The lowest BCUT2D eigenvalue weighted by molar-refractivity contribution is -0.232. The van der Waals surface area contributed by atoms with Crippen LogP contribution in [0, 0.1) is 5.82 Å². The predicted octanol–water partition coefficient (Wildman–Crippen LogP) is 0.492. The molecule has 2 aromatic rings. The number of hydrogen-bond donors (Lipinski definition) is 5. The highest BCUT2D eigenvalue weighted by Crippen LogP contribution is 2.37. The van der Waals surface area contributed by atoms with Crippen LogP contribution in [0.4, 0.5) is 4.39 Å². The Labute approximate surface area is 166 Å². The number of hydrogen-bond acceptors (Lipinski definition) is 7. The number of nitrogens with one attached hydrogen (secondary N) is 1. The summed E-state index contributed by atoms with van der Waals surface area (Å²) in [4.78, 5) is 11.7. The molecule has 9 heteroatoms. The first-order valence-corrected chi connectivity index (χ1v) is 8.96. The van der Waals surface area contributed by atoms with E-state index in [0.717, 1.165) is 0 Å². The maximum atomic E-state index is 15.1. The van der Waals surface area contributed by atoms with E-state index in [1.807, 2.05) is 0 Å². The Kier molecular flexibility index (Phi) is 6.46. The van der Waals surface area contributed by atoms with Gasteiger partial charge in [0.1, 0.15) is 36.3 Å². The maximum Gasteiger partial charge on any atom is 0.251 e. The van der Waals surface area contributed by atoms with Gasteiger partial charge in [0.15, 0.2) is 11.6 Å². The lowest BCUT2D eigenvalue weighted by Crippen LogP contribution is -2.55. The van der Waals surface area contributed by atoms with Gasteiger partial charge >= 0.3 is 0 Å². The minimum atomic E-state index is -1.63. The number of ether oxygens (including phenoxy) is 2. The van der Waals surface area contributed by atoms with E-state index in [1.54, 1.807) is 18.2 Å². The molecule has 5 N–H and O–H groups in total. The van der Waals surface area contributed by atoms with Gasteiger partial charge in [0, 0.05) is 18.2 Å². The smallest absolute Gasteiger partial charge is 0.251 e. The molecule has 0 unspecified atom stereocenters.